The van der Waals surface area contributed by atoms with Crippen molar-refractivity contribution in [3.63, 3.8) is 0 Å². The molecule has 0 fully saturated rings. The SMILES string of the molecule is Cc1nc(CNC(=O)Cc2cccc(Br)c2)n[nH]1. The van der Waals surface area contributed by atoms with Crippen LogP contribution in [0.3, 0.4) is 0 Å². The van der Waals surface area contributed by atoms with Gasteiger partial charge in [-0.05, 0) is 24.6 Å². The Bertz CT molecular complexity index is 553. The molecule has 5 nitrogen and oxygen atoms in total. The predicted octanol–water partition coefficient (Wildman–Crippen LogP) is 1.73. The number of halogens is 1. The van der Waals surface area contributed by atoms with Crippen molar-refractivity contribution in [3.8, 4) is 0 Å². The van der Waals surface area contributed by atoms with Crippen LogP contribution in [-0.2, 0) is 17.8 Å². The van der Waals surface area contributed by atoms with Crippen molar-refractivity contribution < 1.29 is 4.79 Å². The quantitative estimate of drug-likeness (QED) is 0.903. The summed E-state index contributed by atoms with van der Waals surface area (Å²) >= 11 is 3.37. The highest BCUT2D eigenvalue weighted by Crippen LogP contribution is 2.11. The molecule has 94 valence electrons. The molecule has 0 saturated heterocycles. The van der Waals surface area contributed by atoms with Gasteiger partial charge in [0.05, 0.1) is 13.0 Å². The molecule has 0 radical (unpaired) electrons. The van der Waals surface area contributed by atoms with Crippen LogP contribution in [0.25, 0.3) is 0 Å². The number of aryl methyl sites for hydroxylation is 1. The van der Waals surface area contributed by atoms with Crippen LogP contribution < -0.4 is 5.32 Å². The summed E-state index contributed by atoms with van der Waals surface area (Å²) in [7, 11) is 0. The van der Waals surface area contributed by atoms with Gasteiger partial charge < -0.3 is 5.32 Å². The lowest BCUT2D eigenvalue weighted by Gasteiger charge is -2.03. The Morgan fingerprint density at radius 3 is 3.00 bits per heavy atom. The minimum absolute atomic E-state index is 0.0458. The Labute approximate surface area is 113 Å². The number of hydrogen-bond donors (Lipinski definition) is 2. The molecule has 2 aromatic rings. The first-order valence-electron chi connectivity index (χ1n) is 5.52. The van der Waals surface area contributed by atoms with Gasteiger partial charge in [0.25, 0.3) is 0 Å². The van der Waals surface area contributed by atoms with Gasteiger partial charge in [-0.25, -0.2) is 4.98 Å². The number of carbonyl (C=O) groups excluding carboxylic acids is 1. The van der Waals surface area contributed by atoms with Gasteiger partial charge in [0.1, 0.15) is 5.82 Å². The zero-order valence-corrected chi connectivity index (χ0v) is 11.5. The van der Waals surface area contributed by atoms with E-state index in [1.165, 1.54) is 0 Å². The Hall–Kier alpha value is -1.69. The number of carbonyl (C=O) groups is 1. The maximum absolute atomic E-state index is 11.7. The smallest absolute Gasteiger partial charge is 0.224 e. The van der Waals surface area contributed by atoms with Crippen molar-refractivity contribution in [1.82, 2.24) is 20.5 Å². The van der Waals surface area contributed by atoms with E-state index < -0.39 is 0 Å². The maximum Gasteiger partial charge on any atom is 0.224 e. The van der Waals surface area contributed by atoms with Gasteiger partial charge in [0.15, 0.2) is 5.82 Å². The second-order valence-corrected chi connectivity index (χ2v) is 4.84. The highest BCUT2D eigenvalue weighted by molar-refractivity contribution is 9.10. The fourth-order valence-corrected chi connectivity index (χ4v) is 1.99. The normalized spacial score (nSPS) is 10.3. The molecular weight excluding hydrogens is 296 g/mol. The summed E-state index contributed by atoms with van der Waals surface area (Å²) < 4.78 is 0.970. The fourth-order valence-electron chi connectivity index (χ4n) is 1.54. The average molecular weight is 309 g/mol. The maximum atomic E-state index is 11.7. The molecule has 0 atom stereocenters. The van der Waals surface area contributed by atoms with E-state index in [9.17, 15) is 4.79 Å². The third-order valence-electron chi connectivity index (χ3n) is 2.34. The van der Waals surface area contributed by atoms with Crippen LogP contribution in [0, 0.1) is 6.92 Å². The van der Waals surface area contributed by atoms with Crippen LogP contribution in [0.4, 0.5) is 0 Å². The molecule has 0 aliphatic carbocycles. The first-order chi connectivity index (χ1) is 8.63. The zero-order valence-electron chi connectivity index (χ0n) is 9.90. The Balaban J connectivity index is 1.85. The monoisotopic (exact) mass is 308 g/mol. The van der Waals surface area contributed by atoms with Gasteiger partial charge in [-0.15, -0.1) is 0 Å². The minimum Gasteiger partial charge on any atom is -0.348 e. The summed E-state index contributed by atoms with van der Waals surface area (Å²) in [5, 5.41) is 9.46. The van der Waals surface area contributed by atoms with E-state index in [2.05, 4.69) is 36.4 Å². The summed E-state index contributed by atoms with van der Waals surface area (Å²) in [6.07, 6.45) is 0.350. The van der Waals surface area contributed by atoms with E-state index in [0.717, 1.165) is 15.9 Å². The van der Waals surface area contributed by atoms with Crippen molar-refractivity contribution >= 4 is 21.8 Å². The van der Waals surface area contributed by atoms with Crippen LogP contribution >= 0.6 is 15.9 Å². The molecule has 0 aliphatic rings. The van der Waals surface area contributed by atoms with E-state index >= 15 is 0 Å². The lowest BCUT2D eigenvalue weighted by atomic mass is 10.1. The van der Waals surface area contributed by atoms with Crippen molar-refractivity contribution in [2.24, 2.45) is 0 Å². The van der Waals surface area contributed by atoms with Crippen molar-refractivity contribution in [1.29, 1.82) is 0 Å². The fraction of sp³-hybridized carbons (Fsp3) is 0.250. The van der Waals surface area contributed by atoms with Gasteiger partial charge in [-0.2, -0.15) is 5.10 Å². The third-order valence-corrected chi connectivity index (χ3v) is 2.83. The molecule has 18 heavy (non-hydrogen) atoms. The van der Waals surface area contributed by atoms with E-state index in [1.54, 1.807) is 0 Å². The van der Waals surface area contributed by atoms with Gasteiger partial charge in [-0.3, -0.25) is 9.89 Å². The first-order valence-corrected chi connectivity index (χ1v) is 6.32. The number of nitrogens with one attached hydrogen (secondary N) is 2. The van der Waals surface area contributed by atoms with E-state index in [-0.39, 0.29) is 5.91 Å². The van der Waals surface area contributed by atoms with E-state index in [4.69, 9.17) is 0 Å². The van der Waals surface area contributed by atoms with E-state index in [0.29, 0.717) is 18.8 Å². The Morgan fingerprint density at radius 2 is 2.33 bits per heavy atom. The number of aromatic amines is 1. The lowest BCUT2D eigenvalue weighted by Crippen LogP contribution is -2.25. The molecule has 1 aromatic heterocycles. The average Bonchev–Trinajstić information content (AvgIpc) is 2.73. The molecule has 1 aromatic carbocycles. The minimum atomic E-state index is -0.0458. The number of benzene rings is 1. The summed E-state index contributed by atoms with van der Waals surface area (Å²) in [6, 6.07) is 7.68. The van der Waals surface area contributed by atoms with Crippen LogP contribution in [-0.4, -0.2) is 21.1 Å². The second kappa shape index (κ2) is 5.77. The lowest BCUT2D eigenvalue weighted by molar-refractivity contribution is -0.120. The van der Waals surface area contributed by atoms with Gasteiger partial charge in [0, 0.05) is 4.47 Å². The number of nitrogens with zero attached hydrogens (tertiary/aromatic N) is 2. The summed E-state index contributed by atoms with van der Waals surface area (Å²) in [6.45, 7) is 2.16. The Kier molecular flexibility index (Phi) is 4.09. The molecule has 0 unspecified atom stereocenters. The molecule has 1 heterocycles. The number of H-pyrrole nitrogens is 1. The third kappa shape index (κ3) is 3.66. The number of amides is 1. The zero-order chi connectivity index (χ0) is 13.0. The topological polar surface area (TPSA) is 70.7 Å². The van der Waals surface area contributed by atoms with Crippen molar-refractivity contribution in [3.05, 3.63) is 46.0 Å². The first kappa shape index (κ1) is 12.8. The van der Waals surface area contributed by atoms with Crippen molar-refractivity contribution in [2.75, 3.05) is 0 Å². The molecule has 1 amide bonds. The van der Waals surface area contributed by atoms with Crippen LogP contribution in [0.2, 0.25) is 0 Å². The van der Waals surface area contributed by atoms with Crippen molar-refractivity contribution in [2.45, 2.75) is 19.9 Å². The number of aromatic nitrogens is 3. The molecule has 2 rings (SSSR count). The molecule has 6 heteroatoms. The highest BCUT2D eigenvalue weighted by Gasteiger charge is 2.05. The number of rotatable bonds is 4. The van der Waals surface area contributed by atoms with Crippen LogP contribution in [0.1, 0.15) is 17.2 Å². The molecular formula is C12H13BrN4O. The van der Waals surface area contributed by atoms with Gasteiger partial charge in [0.2, 0.25) is 5.91 Å². The largest absolute Gasteiger partial charge is 0.348 e. The summed E-state index contributed by atoms with van der Waals surface area (Å²) in [4.78, 5) is 15.8. The van der Waals surface area contributed by atoms with Gasteiger partial charge >= 0.3 is 0 Å². The molecule has 0 aliphatic heterocycles. The van der Waals surface area contributed by atoms with Crippen LogP contribution in [0.15, 0.2) is 28.7 Å². The summed E-state index contributed by atoms with van der Waals surface area (Å²) in [5.41, 5.74) is 0.966. The molecule has 2 N–H and O–H groups in total. The van der Waals surface area contributed by atoms with Gasteiger partial charge in [-0.1, -0.05) is 28.1 Å². The Morgan fingerprint density at radius 1 is 1.50 bits per heavy atom. The molecule has 0 saturated carbocycles. The van der Waals surface area contributed by atoms with Crippen LogP contribution in [0.5, 0.6) is 0 Å². The second-order valence-electron chi connectivity index (χ2n) is 3.92. The molecule has 0 bridgehead atoms. The van der Waals surface area contributed by atoms with E-state index in [1.807, 2.05) is 31.2 Å². The predicted molar refractivity (Wildman–Crippen MR) is 70.8 cm³/mol. The standard InChI is InChI=1S/C12H13BrN4O/c1-8-15-11(17-16-8)7-14-12(18)6-9-3-2-4-10(13)5-9/h2-5H,6-7H2,1H3,(H,14,18)(H,15,16,17). The highest BCUT2D eigenvalue weighted by atomic mass is 79.9. The summed E-state index contributed by atoms with van der Waals surface area (Å²) in [5.74, 6) is 1.29. The number of hydrogen-bond acceptors (Lipinski definition) is 3. The molecule has 0 spiro atoms.